The number of aromatic amines is 1. The van der Waals surface area contributed by atoms with Crippen LogP contribution < -0.4 is 20.9 Å². The molecule has 0 atom stereocenters. The van der Waals surface area contributed by atoms with Crippen molar-refractivity contribution in [1.29, 1.82) is 0 Å². The van der Waals surface area contributed by atoms with E-state index in [0.29, 0.717) is 47.0 Å². The second-order valence-corrected chi connectivity index (χ2v) is 10.2. The quantitative estimate of drug-likeness (QED) is 0.228. The van der Waals surface area contributed by atoms with E-state index in [2.05, 4.69) is 30.8 Å². The van der Waals surface area contributed by atoms with E-state index in [-0.39, 0.29) is 5.56 Å². The number of alkyl halides is 3. The number of anilines is 4. The number of aromatic nitrogens is 2. The van der Waals surface area contributed by atoms with Crippen molar-refractivity contribution in [3.63, 3.8) is 0 Å². The fraction of sp³-hybridized carbons (Fsp3) is 0.300. The lowest BCUT2D eigenvalue weighted by Crippen LogP contribution is -2.46. The predicted octanol–water partition coefficient (Wildman–Crippen LogP) is 5.58. The molecule has 4 N–H and O–H groups in total. The Hall–Kier alpha value is -4.58. The lowest BCUT2D eigenvalue weighted by molar-refractivity contribution is -0.137. The van der Waals surface area contributed by atoms with Gasteiger partial charge >= 0.3 is 6.18 Å². The van der Waals surface area contributed by atoms with Crippen LogP contribution in [-0.2, 0) is 6.18 Å². The van der Waals surface area contributed by atoms with E-state index in [1.54, 1.807) is 38.4 Å². The zero-order valence-electron chi connectivity index (χ0n) is 23.5. The van der Waals surface area contributed by atoms with Crippen LogP contribution in [0.25, 0.3) is 11.0 Å². The van der Waals surface area contributed by atoms with Gasteiger partial charge in [0.05, 0.1) is 16.8 Å². The van der Waals surface area contributed by atoms with Crippen molar-refractivity contribution in [2.24, 2.45) is 0 Å². The van der Waals surface area contributed by atoms with Gasteiger partial charge in [0.25, 0.3) is 11.8 Å². The van der Waals surface area contributed by atoms with Crippen LogP contribution in [0.5, 0.6) is 0 Å². The SMILES string of the molecule is CCN1CCN(c2cc(C(=O)Nc3ccc(C)c(NC(=O)c4cnc5[nH]ccc5c4NC)c3)cc(C(F)(F)F)c2)CC1. The molecule has 0 spiro atoms. The molecule has 220 valence electrons. The molecule has 12 heteroatoms. The molecule has 2 amide bonds. The van der Waals surface area contributed by atoms with Gasteiger partial charge in [-0.3, -0.25) is 9.59 Å². The molecule has 42 heavy (non-hydrogen) atoms. The summed E-state index contributed by atoms with van der Waals surface area (Å²) in [7, 11) is 1.71. The van der Waals surface area contributed by atoms with Gasteiger partial charge in [0.15, 0.2) is 0 Å². The van der Waals surface area contributed by atoms with Crippen LogP contribution in [0.1, 0.15) is 38.8 Å². The van der Waals surface area contributed by atoms with Crippen LogP contribution in [0.2, 0.25) is 0 Å². The third-order valence-corrected chi connectivity index (χ3v) is 7.52. The minimum atomic E-state index is -4.61. The second kappa shape index (κ2) is 11.7. The summed E-state index contributed by atoms with van der Waals surface area (Å²) in [6, 6.07) is 10.2. The zero-order valence-corrected chi connectivity index (χ0v) is 23.5. The van der Waals surface area contributed by atoms with Crippen LogP contribution in [-0.4, -0.2) is 66.5 Å². The molecule has 1 aliphatic heterocycles. The fourth-order valence-corrected chi connectivity index (χ4v) is 5.09. The van der Waals surface area contributed by atoms with E-state index < -0.39 is 23.6 Å². The molecule has 1 saturated heterocycles. The first-order valence-corrected chi connectivity index (χ1v) is 13.6. The summed E-state index contributed by atoms with van der Waals surface area (Å²) >= 11 is 0. The maximum atomic E-state index is 13.8. The van der Waals surface area contributed by atoms with Gasteiger partial charge in [-0.25, -0.2) is 4.98 Å². The van der Waals surface area contributed by atoms with Crippen molar-refractivity contribution in [3.8, 4) is 0 Å². The van der Waals surface area contributed by atoms with Gasteiger partial charge in [0, 0.05) is 73.6 Å². The number of amides is 2. The van der Waals surface area contributed by atoms with Crippen molar-refractivity contribution in [2.45, 2.75) is 20.0 Å². The van der Waals surface area contributed by atoms with Crippen LogP contribution in [0, 0.1) is 6.92 Å². The van der Waals surface area contributed by atoms with E-state index in [0.717, 1.165) is 42.7 Å². The first-order chi connectivity index (χ1) is 20.1. The van der Waals surface area contributed by atoms with E-state index >= 15 is 0 Å². The summed E-state index contributed by atoms with van der Waals surface area (Å²) in [5.41, 5.74) is 2.44. The highest BCUT2D eigenvalue weighted by molar-refractivity contribution is 6.12. The second-order valence-electron chi connectivity index (χ2n) is 10.2. The number of nitrogens with one attached hydrogen (secondary N) is 4. The van der Waals surface area contributed by atoms with Crippen molar-refractivity contribution >= 4 is 45.6 Å². The molecule has 0 unspecified atom stereocenters. The highest BCUT2D eigenvalue weighted by Crippen LogP contribution is 2.34. The fourth-order valence-electron chi connectivity index (χ4n) is 5.09. The molecule has 0 radical (unpaired) electrons. The summed E-state index contributed by atoms with van der Waals surface area (Å²) in [4.78, 5) is 37.9. The molecule has 5 rings (SSSR count). The van der Waals surface area contributed by atoms with Crippen molar-refractivity contribution in [3.05, 3.63) is 77.1 Å². The Morgan fingerprint density at radius 3 is 2.45 bits per heavy atom. The first kappa shape index (κ1) is 28.9. The Bertz CT molecular complexity index is 1630. The molecule has 1 fully saturated rings. The Kier molecular flexibility index (Phi) is 8.08. The molecule has 0 bridgehead atoms. The summed E-state index contributed by atoms with van der Waals surface area (Å²) < 4.78 is 41.4. The number of pyridine rings is 1. The number of likely N-dealkylation sites (N-methyl/N-ethyl adjacent to an activating group) is 1. The van der Waals surface area contributed by atoms with E-state index in [1.807, 2.05) is 17.9 Å². The number of nitrogens with zero attached hydrogens (tertiary/aromatic N) is 3. The van der Waals surface area contributed by atoms with Gasteiger partial charge in [-0.15, -0.1) is 0 Å². The monoisotopic (exact) mass is 579 g/mol. The summed E-state index contributed by atoms with van der Waals surface area (Å²) in [6.07, 6.45) is -1.41. The van der Waals surface area contributed by atoms with Gasteiger partial charge in [0.2, 0.25) is 0 Å². The van der Waals surface area contributed by atoms with Crippen molar-refractivity contribution in [1.82, 2.24) is 14.9 Å². The van der Waals surface area contributed by atoms with Crippen LogP contribution in [0.3, 0.4) is 0 Å². The molecule has 3 heterocycles. The van der Waals surface area contributed by atoms with Crippen LogP contribution in [0.15, 0.2) is 54.9 Å². The maximum absolute atomic E-state index is 13.8. The number of aryl methyl sites for hydroxylation is 1. The number of H-pyrrole nitrogens is 1. The topological polar surface area (TPSA) is 105 Å². The van der Waals surface area contributed by atoms with E-state index in [4.69, 9.17) is 0 Å². The number of benzene rings is 2. The van der Waals surface area contributed by atoms with E-state index in [1.165, 1.54) is 12.3 Å². The molecule has 2 aromatic carbocycles. The lowest BCUT2D eigenvalue weighted by atomic mass is 10.1. The average molecular weight is 580 g/mol. The highest BCUT2D eigenvalue weighted by atomic mass is 19.4. The molecular weight excluding hydrogens is 547 g/mol. The molecule has 2 aromatic heterocycles. The number of halogens is 3. The number of hydrogen-bond donors (Lipinski definition) is 4. The summed E-state index contributed by atoms with van der Waals surface area (Å²) in [5, 5.41) is 9.36. The maximum Gasteiger partial charge on any atom is 0.416 e. The molecule has 1 aliphatic rings. The minimum absolute atomic E-state index is 0.103. The van der Waals surface area contributed by atoms with Gasteiger partial charge in [0.1, 0.15) is 5.65 Å². The summed E-state index contributed by atoms with van der Waals surface area (Å²) in [5.74, 6) is -1.09. The van der Waals surface area contributed by atoms with Gasteiger partial charge in [-0.05, 0) is 55.4 Å². The number of fused-ring (bicyclic) bond motifs is 1. The predicted molar refractivity (Wildman–Crippen MR) is 158 cm³/mol. The molecule has 9 nitrogen and oxygen atoms in total. The normalized spacial score (nSPS) is 14.2. The third-order valence-electron chi connectivity index (χ3n) is 7.52. The van der Waals surface area contributed by atoms with Crippen LogP contribution in [0.4, 0.5) is 35.9 Å². The number of carbonyl (C=O) groups is 2. The van der Waals surface area contributed by atoms with E-state index in [9.17, 15) is 22.8 Å². The highest BCUT2D eigenvalue weighted by Gasteiger charge is 2.33. The minimum Gasteiger partial charge on any atom is -0.387 e. The van der Waals surface area contributed by atoms with Gasteiger partial charge < -0.3 is 30.7 Å². The van der Waals surface area contributed by atoms with Crippen molar-refractivity contribution in [2.75, 3.05) is 60.6 Å². The standard InChI is InChI=1S/C30H32F3N7O2/c1-4-39-9-11-40(12-10-39)22-14-19(13-20(15-22)30(31,32)33)28(41)37-21-6-5-18(2)25(16-21)38-29(42)24-17-36-27-23(7-8-35-27)26(24)34-3/h5-8,13-17H,4,9-12H2,1-3H3,(H,37,41)(H,38,42)(H2,34,35,36). The Balaban J connectivity index is 1.38. The molecule has 0 saturated carbocycles. The average Bonchev–Trinajstić information content (AvgIpc) is 3.47. The largest absolute Gasteiger partial charge is 0.416 e. The molecule has 0 aliphatic carbocycles. The smallest absolute Gasteiger partial charge is 0.387 e. The molecular formula is C30H32F3N7O2. The molecule has 4 aromatic rings. The van der Waals surface area contributed by atoms with Crippen molar-refractivity contribution < 1.29 is 22.8 Å². The Morgan fingerprint density at radius 1 is 1.00 bits per heavy atom. The van der Waals surface area contributed by atoms with Gasteiger partial charge in [-0.2, -0.15) is 13.2 Å². The zero-order chi connectivity index (χ0) is 30.0. The first-order valence-electron chi connectivity index (χ1n) is 13.6. The Labute approximate surface area is 241 Å². The van der Waals surface area contributed by atoms with Gasteiger partial charge in [-0.1, -0.05) is 13.0 Å². The summed E-state index contributed by atoms with van der Waals surface area (Å²) in [6.45, 7) is 7.32. The Morgan fingerprint density at radius 2 is 1.76 bits per heavy atom. The van der Waals surface area contributed by atoms with Crippen LogP contribution >= 0.6 is 0 Å². The lowest BCUT2D eigenvalue weighted by Gasteiger charge is -2.36. The number of carbonyl (C=O) groups excluding carboxylic acids is 2. The number of piperazine rings is 1. The number of rotatable bonds is 7. The number of hydrogen-bond acceptors (Lipinski definition) is 6. The third kappa shape index (κ3) is 6.03.